The first-order valence-corrected chi connectivity index (χ1v) is 9.63. The van der Waals surface area contributed by atoms with Crippen LogP contribution in [0.25, 0.3) is 0 Å². The van der Waals surface area contributed by atoms with Crippen molar-refractivity contribution in [3.05, 3.63) is 30.1 Å². The second kappa shape index (κ2) is 8.77. The molecule has 2 aliphatic rings. The predicted molar refractivity (Wildman–Crippen MR) is 98.6 cm³/mol. The van der Waals surface area contributed by atoms with E-state index in [4.69, 9.17) is 4.74 Å². The number of pyridine rings is 1. The van der Waals surface area contributed by atoms with E-state index in [2.05, 4.69) is 9.88 Å². The van der Waals surface area contributed by atoms with Gasteiger partial charge in [-0.05, 0) is 36.8 Å². The molecule has 0 bridgehead atoms. The molecule has 0 unspecified atom stereocenters. The van der Waals surface area contributed by atoms with Gasteiger partial charge in [0.2, 0.25) is 0 Å². The molecule has 0 atom stereocenters. The number of hydrogen-bond donors (Lipinski definition) is 0. The van der Waals surface area contributed by atoms with E-state index in [1.807, 2.05) is 4.90 Å². The summed E-state index contributed by atoms with van der Waals surface area (Å²) in [6.07, 6.45) is 11.3. The Morgan fingerprint density at radius 1 is 1.12 bits per heavy atom. The number of hydrogen-bond acceptors (Lipinski definition) is 4. The smallest absolute Gasteiger partial charge is 0.254 e. The summed E-state index contributed by atoms with van der Waals surface area (Å²) in [7, 11) is 1.81. The number of carbonyl (C=O) groups is 1. The lowest BCUT2D eigenvalue weighted by Gasteiger charge is -2.44. The lowest BCUT2D eigenvalue weighted by molar-refractivity contribution is 0.0346. The average Bonchev–Trinajstić information content (AvgIpc) is 2.68. The molecule has 1 aliphatic heterocycles. The maximum atomic E-state index is 12.6. The van der Waals surface area contributed by atoms with E-state index in [1.165, 1.54) is 38.5 Å². The molecule has 2 heterocycles. The van der Waals surface area contributed by atoms with Gasteiger partial charge in [0.25, 0.3) is 5.91 Å². The van der Waals surface area contributed by atoms with Crippen LogP contribution in [0.15, 0.2) is 24.5 Å². The summed E-state index contributed by atoms with van der Waals surface area (Å²) in [5.74, 6) is 0.133. The predicted octanol–water partition coefficient (Wildman–Crippen LogP) is 2.83. The Morgan fingerprint density at radius 2 is 1.80 bits per heavy atom. The molecule has 0 radical (unpaired) electrons. The van der Waals surface area contributed by atoms with Crippen molar-refractivity contribution in [3.8, 4) is 0 Å². The molecule has 1 saturated heterocycles. The van der Waals surface area contributed by atoms with Crippen molar-refractivity contribution in [2.45, 2.75) is 38.5 Å². The summed E-state index contributed by atoms with van der Waals surface area (Å²) in [5.41, 5.74) is 1.17. The van der Waals surface area contributed by atoms with Crippen molar-refractivity contribution in [3.63, 3.8) is 0 Å². The first kappa shape index (κ1) is 18.3. The second-order valence-corrected chi connectivity index (χ2v) is 7.61. The van der Waals surface area contributed by atoms with Crippen LogP contribution < -0.4 is 0 Å². The Bertz CT molecular complexity index is 535. The molecule has 0 spiro atoms. The molecule has 1 saturated carbocycles. The zero-order chi connectivity index (χ0) is 17.5. The Hall–Kier alpha value is -1.46. The van der Waals surface area contributed by atoms with Crippen LogP contribution in [-0.2, 0) is 4.74 Å². The van der Waals surface area contributed by atoms with Gasteiger partial charge in [0, 0.05) is 64.4 Å². The minimum Gasteiger partial charge on any atom is -0.385 e. The minimum absolute atomic E-state index is 0.133. The molecule has 1 aromatic heterocycles. The van der Waals surface area contributed by atoms with Gasteiger partial charge < -0.3 is 9.64 Å². The summed E-state index contributed by atoms with van der Waals surface area (Å²) < 4.78 is 5.38. The van der Waals surface area contributed by atoms with Crippen molar-refractivity contribution >= 4 is 5.91 Å². The number of methoxy groups -OCH3 is 1. The lowest BCUT2D eigenvalue weighted by atomic mass is 9.71. The highest BCUT2D eigenvalue weighted by molar-refractivity contribution is 5.94. The van der Waals surface area contributed by atoms with E-state index < -0.39 is 0 Å². The number of nitrogens with zero attached hydrogens (tertiary/aromatic N) is 3. The number of ether oxygens (including phenoxy) is 1. The van der Waals surface area contributed by atoms with Crippen molar-refractivity contribution in [1.29, 1.82) is 0 Å². The van der Waals surface area contributed by atoms with Gasteiger partial charge in [-0.3, -0.25) is 14.7 Å². The van der Waals surface area contributed by atoms with Gasteiger partial charge in [0.05, 0.1) is 0 Å². The molecule has 3 rings (SSSR count). The molecule has 5 heteroatoms. The van der Waals surface area contributed by atoms with Crippen molar-refractivity contribution in [2.75, 3.05) is 46.4 Å². The van der Waals surface area contributed by atoms with Crippen molar-refractivity contribution in [1.82, 2.24) is 14.8 Å². The minimum atomic E-state index is 0.133. The number of aromatic nitrogens is 1. The third-order valence-corrected chi connectivity index (χ3v) is 5.90. The van der Waals surface area contributed by atoms with E-state index in [0.29, 0.717) is 5.41 Å². The molecular formula is C20H31N3O2. The second-order valence-electron chi connectivity index (χ2n) is 7.61. The van der Waals surface area contributed by atoms with Crippen molar-refractivity contribution in [2.24, 2.45) is 5.41 Å². The van der Waals surface area contributed by atoms with Crippen LogP contribution >= 0.6 is 0 Å². The molecule has 25 heavy (non-hydrogen) atoms. The highest BCUT2D eigenvalue weighted by Crippen LogP contribution is 2.40. The van der Waals surface area contributed by atoms with Gasteiger partial charge >= 0.3 is 0 Å². The normalized spacial score (nSPS) is 21.2. The number of piperazine rings is 1. The molecule has 2 fully saturated rings. The maximum absolute atomic E-state index is 12.6. The van der Waals surface area contributed by atoms with Gasteiger partial charge in [0.1, 0.15) is 0 Å². The van der Waals surface area contributed by atoms with E-state index >= 15 is 0 Å². The van der Waals surface area contributed by atoms with Gasteiger partial charge in [-0.25, -0.2) is 0 Å². The molecule has 138 valence electrons. The summed E-state index contributed by atoms with van der Waals surface area (Å²) in [6.45, 7) is 5.62. The summed E-state index contributed by atoms with van der Waals surface area (Å²) >= 11 is 0. The SMILES string of the molecule is COCCC1(CN2CCN(C(=O)c3ccncc3)CC2)CCCCC1. The molecule has 1 amide bonds. The summed E-state index contributed by atoms with van der Waals surface area (Å²) in [4.78, 5) is 21.1. The third kappa shape index (κ3) is 4.79. The maximum Gasteiger partial charge on any atom is 0.254 e. The molecule has 1 aromatic rings. The number of carbonyl (C=O) groups excluding carboxylic acids is 1. The summed E-state index contributed by atoms with van der Waals surface area (Å²) in [5, 5.41) is 0. The summed E-state index contributed by atoms with van der Waals surface area (Å²) in [6, 6.07) is 3.60. The Labute approximate surface area is 151 Å². The highest BCUT2D eigenvalue weighted by atomic mass is 16.5. The quantitative estimate of drug-likeness (QED) is 0.795. The molecule has 1 aliphatic carbocycles. The fraction of sp³-hybridized carbons (Fsp3) is 0.700. The monoisotopic (exact) mass is 345 g/mol. The Balaban J connectivity index is 1.53. The van der Waals surface area contributed by atoms with E-state index in [9.17, 15) is 4.79 Å². The fourth-order valence-corrected chi connectivity index (χ4v) is 4.37. The largest absolute Gasteiger partial charge is 0.385 e. The van der Waals surface area contributed by atoms with E-state index in [1.54, 1.807) is 31.6 Å². The van der Waals surface area contributed by atoms with E-state index in [0.717, 1.165) is 44.9 Å². The number of rotatable bonds is 6. The van der Waals surface area contributed by atoms with E-state index in [-0.39, 0.29) is 5.91 Å². The molecule has 5 nitrogen and oxygen atoms in total. The molecule has 0 aromatic carbocycles. The first-order valence-electron chi connectivity index (χ1n) is 9.63. The Kier molecular flexibility index (Phi) is 6.43. The topological polar surface area (TPSA) is 45.7 Å². The zero-order valence-corrected chi connectivity index (χ0v) is 15.5. The van der Waals surface area contributed by atoms with Crippen LogP contribution in [0.3, 0.4) is 0 Å². The van der Waals surface area contributed by atoms with Crippen LogP contribution in [0, 0.1) is 5.41 Å². The highest BCUT2D eigenvalue weighted by Gasteiger charge is 2.34. The fourth-order valence-electron chi connectivity index (χ4n) is 4.37. The van der Waals surface area contributed by atoms with Gasteiger partial charge in [-0.15, -0.1) is 0 Å². The first-order chi connectivity index (χ1) is 12.2. The zero-order valence-electron chi connectivity index (χ0n) is 15.5. The van der Waals surface area contributed by atoms with Gasteiger partial charge in [-0.1, -0.05) is 19.3 Å². The molecular weight excluding hydrogens is 314 g/mol. The Morgan fingerprint density at radius 3 is 2.44 bits per heavy atom. The van der Waals surface area contributed by atoms with Crippen LogP contribution in [0.1, 0.15) is 48.9 Å². The average molecular weight is 345 g/mol. The van der Waals surface area contributed by atoms with Crippen LogP contribution in [0.5, 0.6) is 0 Å². The third-order valence-electron chi connectivity index (χ3n) is 5.90. The van der Waals surface area contributed by atoms with Crippen LogP contribution in [0.4, 0.5) is 0 Å². The lowest BCUT2D eigenvalue weighted by Crippen LogP contribution is -2.52. The van der Waals surface area contributed by atoms with Gasteiger partial charge in [0.15, 0.2) is 0 Å². The standard InChI is InChI=1S/C20H31N3O2/c1-25-16-9-20(7-3-2-4-8-20)17-22-12-14-23(15-13-22)19(24)18-5-10-21-11-6-18/h5-6,10-11H,2-4,7-9,12-17H2,1H3. The van der Waals surface area contributed by atoms with Crippen LogP contribution in [0.2, 0.25) is 0 Å². The number of amides is 1. The van der Waals surface area contributed by atoms with Crippen molar-refractivity contribution < 1.29 is 9.53 Å². The van der Waals surface area contributed by atoms with Crippen LogP contribution in [-0.4, -0.2) is 67.1 Å². The molecule has 0 N–H and O–H groups in total. The van der Waals surface area contributed by atoms with Gasteiger partial charge in [-0.2, -0.15) is 0 Å².